The van der Waals surface area contributed by atoms with Crippen molar-refractivity contribution in [2.45, 2.75) is 12.8 Å². The van der Waals surface area contributed by atoms with Crippen molar-refractivity contribution >= 4 is 27.3 Å². The number of ether oxygens (including phenoxy) is 2. The highest BCUT2D eigenvalue weighted by Gasteiger charge is 2.28. The van der Waals surface area contributed by atoms with Crippen molar-refractivity contribution in [1.82, 2.24) is 0 Å². The van der Waals surface area contributed by atoms with Gasteiger partial charge in [-0.05, 0) is 43.2 Å². The molecule has 8 heteroatoms. The number of para-hydroxylation sites is 1. The molecule has 0 bridgehead atoms. The van der Waals surface area contributed by atoms with Crippen LogP contribution in [0.25, 0.3) is 0 Å². The average Bonchev–Trinajstić information content (AvgIpc) is 2.67. The van der Waals surface area contributed by atoms with Crippen molar-refractivity contribution in [3.05, 3.63) is 48.0 Å². The molecule has 7 nitrogen and oxygen atoms in total. The summed E-state index contributed by atoms with van der Waals surface area (Å²) in [4.78, 5) is 12.6. The summed E-state index contributed by atoms with van der Waals surface area (Å²) in [6, 6.07) is 11.8. The first kappa shape index (κ1) is 19.0. The first-order valence-corrected chi connectivity index (χ1v) is 10.2. The predicted molar refractivity (Wildman–Crippen MR) is 104 cm³/mol. The lowest BCUT2D eigenvalue weighted by Gasteiger charge is -2.29. The number of hydrogen-bond donors (Lipinski definition) is 1. The molecule has 2 aromatic rings. The molecule has 0 spiro atoms. The molecule has 0 aromatic heterocycles. The van der Waals surface area contributed by atoms with Gasteiger partial charge in [0.2, 0.25) is 10.0 Å². The third-order valence-electron chi connectivity index (χ3n) is 4.41. The number of carbonyl (C=O) groups is 1. The minimum Gasteiger partial charge on any atom is -0.496 e. The van der Waals surface area contributed by atoms with E-state index in [1.54, 1.807) is 42.5 Å². The molecule has 0 radical (unpaired) electrons. The molecule has 0 saturated carbocycles. The Morgan fingerprint density at radius 2 is 1.78 bits per heavy atom. The van der Waals surface area contributed by atoms with Crippen LogP contribution >= 0.6 is 0 Å². The second kappa shape index (κ2) is 7.87. The standard InChI is InChI=1S/C19H22N2O5S/c1-25-17-8-4-3-7-15(17)19(22)20-14-9-10-18(26-2)16(13-14)21-11-5-6-12-27(21,23)24/h3-4,7-10,13H,5-6,11-12H2,1-2H3,(H,20,22). The molecule has 27 heavy (non-hydrogen) atoms. The predicted octanol–water partition coefficient (Wildman–Crippen LogP) is 2.89. The van der Waals surface area contributed by atoms with Crippen molar-refractivity contribution < 1.29 is 22.7 Å². The fourth-order valence-corrected chi connectivity index (χ4v) is 4.69. The number of anilines is 2. The molecule has 144 valence electrons. The van der Waals surface area contributed by atoms with Gasteiger partial charge in [0, 0.05) is 12.2 Å². The number of methoxy groups -OCH3 is 2. The van der Waals surface area contributed by atoms with Crippen LogP contribution in [0.4, 0.5) is 11.4 Å². The Labute approximate surface area is 158 Å². The number of rotatable bonds is 5. The summed E-state index contributed by atoms with van der Waals surface area (Å²) < 4.78 is 36.8. The highest BCUT2D eigenvalue weighted by Crippen LogP contribution is 2.35. The van der Waals surface area contributed by atoms with Gasteiger partial charge in [-0.25, -0.2) is 8.42 Å². The largest absolute Gasteiger partial charge is 0.496 e. The molecular weight excluding hydrogens is 368 g/mol. The Balaban J connectivity index is 1.92. The number of carbonyl (C=O) groups excluding carboxylic acids is 1. The molecule has 1 fully saturated rings. The number of sulfonamides is 1. The molecule has 1 N–H and O–H groups in total. The maximum atomic E-state index is 12.6. The summed E-state index contributed by atoms with van der Waals surface area (Å²) in [6.07, 6.45) is 1.42. The third-order valence-corrected chi connectivity index (χ3v) is 6.26. The summed E-state index contributed by atoms with van der Waals surface area (Å²) in [7, 11) is -0.409. The fourth-order valence-electron chi connectivity index (χ4n) is 3.05. The summed E-state index contributed by atoms with van der Waals surface area (Å²) in [5, 5.41) is 2.80. The number of benzene rings is 2. The Morgan fingerprint density at radius 1 is 1.04 bits per heavy atom. The summed E-state index contributed by atoms with van der Waals surface area (Å²) in [5.74, 6) is 0.664. The normalized spacial score (nSPS) is 15.9. The molecule has 1 heterocycles. The van der Waals surface area contributed by atoms with Crippen LogP contribution in [0.2, 0.25) is 0 Å². The van der Waals surface area contributed by atoms with Gasteiger partial charge in [-0.2, -0.15) is 0 Å². The Kier molecular flexibility index (Phi) is 5.55. The van der Waals surface area contributed by atoms with E-state index in [2.05, 4.69) is 5.32 Å². The van der Waals surface area contributed by atoms with Gasteiger partial charge < -0.3 is 14.8 Å². The molecule has 0 unspecified atom stereocenters. The van der Waals surface area contributed by atoms with Gasteiger partial charge in [-0.1, -0.05) is 12.1 Å². The highest BCUT2D eigenvalue weighted by molar-refractivity contribution is 7.92. The number of amides is 1. The monoisotopic (exact) mass is 390 g/mol. The molecular formula is C19H22N2O5S. The van der Waals surface area contributed by atoms with Gasteiger partial charge in [0.15, 0.2) is 0 Å². The van der Waals surface area contributed by atoms with Crippen molar-refractivity contribution in [1.29, 1.82) is 0 Å². The second-order valence-corrected chi connectivity index (χ2v) is 8.15. The van der Waals surface area contributed by atoms with Crippen LogP contribution in [0.3, 0.4) is 0 Å². The SMILES string of the molecule is COc1ccccc1C(=O)Nc1ccc(OC)c(N2CCCCS2(=O)=O)c1. The van der Waals surface area contributed by atoms with Crippen molar-refractivity contribution in [2.24, 2.45) is 0 Å². The number of nitrogens with zero attached hydrogens (tertiary/aromatic N) is 1. The lowest BCUT2D eigenvalue weighted by Crippen LogP contribution is -2.38. The highest BCUT2D eigenvalue weighted by atomic mass is 32.2. The zero-order valence-electron chi connectivity index (χ0n) is 15.3. The fraction of sp³-hybridized carbons (Fsp3) is 0.316. The van der Waals surface area contributed by atoms with E-state index in [9.17, 15) is 13.2 Å². The van der Waals surface area contributed by atoms with Gasteiger partial charge in [0.1, 0.15) is 11.5 Å². The Hall–Kier alpha value is -2.74. The van der Waals surface area contributed by atoms with E-state index in [-0.39, 0.29) is 11.7 Å². The minimum absolute atomic E-state index is 0.105. The third kappa shape index (κ3) is 4.00. The van der Waals surface area contributed by atoms with Gasteiger partial charge in [-0.15, -0.1) is 0 Å². The van der Waals surface area contributed by atoms with Crippen molar-refractivity contribution in [2.75, 3.05) is 36.1 Å². The summed E-state index contributed by atoms with van der Waals surface area (Å²) >= 11 is 0. The minimum atomic E-state index is -3.40. The van der Waals surface area contributed by atoms with E-state index in [4.69, 9.17) is 9.47 Å². The number of nitrogens with one attached hydrogen (secondary N) is 1. The zero-order valence-corrected chi connectivity index (χ0v) is 16.1. The van der Waals surface area contributed by atoms with Gasteiger partial charge in [0.25, 0.3) is 5.91 Å². The van der Waals surface area contributed by atoms with E-state index in [1.165, 1.54) is 18.5 Å². The van der Waals surface area contributed by atoms with Gasteiger partial charge in [0.05, 0.1) is 31.2 Å². The van der Waals surface area contributed by atoms with E-state index in [0.29, 0.717) is 41.4 Å². The molecule has 1 aliphatic rings. The van der Waals surface area contributed by atoms with Crippen LogP contribution in [0, 0.1) is 0 Å². The lowest BCUT2D eigenvalue weighted by atomic mass is 10.1. The molecule has 3 rings (SSSR count). The van der Waals surface area contributed by atoms with Gasteiger partial charge >= 0.3 is 0 Å². The van der Waals surface area contributed by atoms with Crippen molar-refractivity contribution in [3.63, 3.8) is 0 Å². The lowest BCUT2D eigenvalue weighted by molar-refractivity contribution is 0.102. The maximum Gasteiger partial charge on any atom is 0.259 e. The smallest absolute Gasteiger partial charge is 0.259 e. The van der Waals surface area contributed by atoms with Crippen LogP contribution in [0.5, 0.6) is 11.5 Å². The van der Waals surface area contributed by atoms with Crippen LogP contribution in [-0.4, -0.2) is 40.8 Å². The topological polar surface area (TPSA) is 84.9 Å². The Morgan fingerprint density at radius 3 is 2.48 bits per heavy atom. The number of hydrogen-bond acceptors (Lipinski definition) is 5. The molecule has 0 atom stereocenters. The van der Waals surface area contributed by atoms with E-state index in [1.807, 2.05) is 0 Å². The van der Waals surface area contributed by atoms with E-state index in [0.717, 1.165) is 6.42 Å². The average molecular weight is 390 g/mol. The molecule has 0 aliphatic carbocycles. The van der Waals surface area contributed by atoms with E-state index < -0.39 is 10.0 Å². The van der Waals surface area contributed by atoms with Gasteiger partial charge in [-0.3, -0.25) is 9.10 Å². The Bertz CT molecular complexity index is 943. The first-order chi connectivity index (χ1) is 13.0. The summed E-state index contributed by atoms with van der Waals surface area (Å²) in [6.45, 7) is 0.391. The van der Waals surface area contributed by atoms with Crippen LogP contribution in [0.15, 0.2) is 42.5 Å². The quantitative estimate of drug-likeness (QED) is 0.849. The zero-order chi connectivity index (χ0) is 19.4. The van der Waals surface area contributed by atoms with Crippen LogP contribution in [0.1, 0.15) is 23.2 Å². The van der Waals surface area contributed by atoms with E-state index >= 15 is 0 Å². The van der Waals surface area contributed by atoms with Crippen molar-refractivity contribution in [3.8, 4) is 11.5 Å². The van der Waals surface area contributed by atoms with Crippen LogP contribution < -0.4 is 19.1 Å². The maximum absolute atomic E-state index is 12.6. The van der Waals surface area contributed by atoms with Crippen LogP contribution in [-0.2, 0) is 10.0 Å². The summed E-state index contributed by atoms with van der Waals surface area (Å²) in [5.41, 5.74) is 1.29. The molecule has 1 saturated heterocycles. The molecule has 1 amide bonds. The second-order valence-electron chi connectivity index (χ2n) is 6.14. The molecule has 2 aromatic carbocycles. The first-order valence-electron chi connectivity index (χ1n) is 8.59. The molecule has 1 aliphatic heterocycles.